The average Bonchev–Trinajstić information content (AvgIpc) is 3.36. The molecule has 0 aromatic heterocycles. The van der Waals surface area contributed by atoms with Gasteiger partial charge in [-0.05, 0) is 48.1 Å². The number of hydrogen-bond donors (Lipinski definition) is 1. The lowest BCUT2D eigenvalue weighted by Gasteiger charge is -2.15. The standard InChI is InChI=1S/C33H48N2O3S.BrH/c1-4-5-6-7-8-9-10-11-12-13-14-15-22-38-32-23-30(37-3)20-21-31(32)34-33(36)29-18-16-28(17-19-29)25-35-24-27(2)39-26-35;/h16-21,23-24H,4-15,22,25-26H2,1-3H3,(H,34,36);1H. The number of thioether (sulfide) groups is 1. The number of ether oxygens (including phenoxy) is 2. The van der Waals surface area contributed by atoms with E-state index in [4.69, 9.17) is 9.47 Å². The van der Waals surface area contributed by atoms with Gasteiger partial charge in [0.25, 0.3) is 5.91 Å². The van der Waals surface area contributed by atoms with Gasteiger partial charge in [0.15, 0.2) is 0 Å². The van der Waals surface area contributed by atoms with Crippen molar-refractivity contribution in [1.82, 2.24) is 4.90 Å². The predicted octanol–water partition coefficient (Wildman–Crippen LogP) is 9.97. The molecule has 1 aliphatic heterocycles. The van der Waals surface area contributed by atoms with Crippen LogP contribution in [0.15, 0.2) is 53.6 Å². The van der Waals surface area contributed by atoms with Gasteiger partial charge in [0.1, 0.15) is 11.5 Å². The number of nitrogens with one attached hydrogen (secondary N) is 1. The number of hydrogen-bond acceptors (Lipinski definition) is 5. The molecular weight excluding hydrogens is 584 g/mol. The van der Waals surface area contributed by atoms with E-state index in [0.717, 1.165) is 18.8 Å². The van der Waals surface area contributed by atoms with E-state index in [-0.39, 0.29) is 22.9 Å². The molecule has 1 N–H and O–H groups in total. The van der Waals surface area contributed by atoms with Crippen LogP contribution in [0.5, 0.6) is 11.5 Å². The molecule has 7 heteroatoms. The molecule has 1 amide bonds. The van der Waals surface area contributed by atoms with Crippen LogP contribution in [0.2, 0.25) is 0 Å². The topological polar surface area (TPSA) is 50.8 Å². The monoisotopic (exact) mass is 632 g/mol. The molecule has 0 fully saturated rings. The van der Waals surface area contributed by atoms with Gasteiger partial charge >= 0.3 is 0 Å². The Balaban J connectivity index is 0.00000560. The Hall–Kier alpha value is -2.12. The third kappa shape index (κ3) is 12.6. The summed E-state index contributed by atoms with van der Waals surface area (Å²) in [5.41, 5.74) is 2.48. The first-order chi connectivity index (χ1) is 19.1. The Morgan fingerprint density at radius 2 is 1.52 bits per heavy atom. The van der Waals surface area contributed by atoms with Crippen LogP contribution in [-0.2, 0) is 6.54 Å². The van der Waals surface area contributed by atoms with Gasteiger partial charge in [-0.15, -0.1) is 28.7 Å². The Bertz CT molecular complexity index is 1030. The Morgan fingerprint density at radius 3 is 2.10 bits per heavy atom. The number of carbonyl (C=O) groups is 1. The minimum absolute atomic E-state index is 0. The van der Waals surface area contributed by atoms with Crippen LogP contribution in [0.4, 0.5) is 5.69 Å². The Labute approximate surface area is 257 Å². The number of benzene rings is 2. The maximum Gasteiger partial charge on any atom is 0.255 e. The summed E-state index contributed by atoms with van der Waals surface area (Å²) in [4.78, 5) is 16.6. The summed E-state index contributed by atoms with van der Waals surface area (Å²) in [5, 5.41) is 3.03. The molecule has 0 unspecified atom stereocenters. The van der Waals surface area contributed by atoms with Gasteiger partial charge in [0.2, 0.25) is 0 Å². The summed E-state index contributed by atoms with van der Waals surface area (Å²) >= 11 is 1.85. The van der Waals surface area contributed by atoms with Crippen LogP contribution in [0.1, 0.15) is 107 Å². The zero-order valence-electron chi connectivity index (χ0n) is 24.7. The van der Waals surface area contributed by atoms with Crippen molar-refractivity contribution in [2.75, 3.05) is 24.9 Å². The van der Waals surface area contributed by atoms with E-state index in [0.29, 0.717) is 29.4 Å². The number of allylic oxidation sites excluding steroid dienone is 1. The number of amides is 1. The van der Waals surface area contributed by atoms with Crippen molar-refractivity contribution in [2.45, 2.75) is 97.4 Å². The van der Waals surface area contributed by atoms with Gasteiger partial charge in [0, 0.05) is 24.4 Å². The number of halogens is 1. The molecule has 2 aromatic carbocycles. The molecule has 0 saturated carbocycles. The second-order valence-corrected chi connectivity index (χ2v) is 11.7. The molecule has 5 nitrogen and oxygen atoms in total. The molecule has 0 atom stereocenters. The van der Waals surface area contributed by atoms with Crippen molar-refractivity contribution in [3.63, 3.8) is 0 Å². The average molecular weight is 634 g/mol. The number of nitrogens with zero attached hydrogens (tertiary/aromatic N) is 1. The number of carbonyl (C=O) groups excluding carboxylic acids is 1. The molecule has 0 bridgehead atoms. The van der Waals surface area contributed by atoms with E-state index in [1.807, 2.05) is 54.2 Å². The fraction of sp³-hybridized carbons (Fsp3) is 0.545. The van der Waals surface area contributed by atoms with Gasteiger partial charge in [-0.3, -0.25) is 4.79 Å². The second-order valence-electron chi connectivity index (χ2n) is 10.5. The molecule has 2 aromatic rings. The minimum atomic E-state index is -0.144. The quantitative estimate of drug-likeness (QED) is 0.156. The third-order valence-corrected chi connectivity index (χ3v) is 8.14. The zero-order chi connectivity index (χ0) is 27.7. The lowest BCUT2D eigenvalue weighted by molar-refractivity contribution is 0.102. The van der Waals surface area contributed by atoms with Crippen molar-refractivity contribution in [3.8, 4) is 11.5 Å². The summed E-state index contributed by atoms with van der Waals surface area (Å²) in [6.45, 7) is 5.88. The lowest BCUT2D eigenvalue weighted by atomic mass is 10.1. The predicted molar refractivity (Wildman–Crippen MR) is 176 cm³/mol. The molecule has 0 radical (unpaired) electrons. The van der Waals surface area contributed by atoms with Crippen molar-refractivity contribution in [1.29, 1.82) is 0 Å². The molecule has 1 heterocycles. The van der Waals surface area contributed by atoms with Crippen LogP contribution in [0, 0.1) is 0 Å². The molecule has 3 rings (SSSR count). The van der Waals surface area contributed by atoms with Gasteiger partial charge in [-0.25, -0.2) is 0 Å². The normalized spacial score (nSPS) is 12.6. The van der Waals surface area contributed by atoms with Crippen LogP contribution < -0.4 is 14.8 Å². The fourth-order valence-corrected chi connectivity index (χ4v) is 5.53. The van der Waals surface area contributed by atoms with Crippen LogP contribution in [-0.4, -0.2) is 30.4 Å². The first kappa shape index (κ1) is 34.1. The van der Waals surface area contributed by atoms with Crippen molar-refractivity contribution in [3.05, 3.63) is 64.7 Å². The van der Waals surface area contributed by atoms with Crippen molar-refractivity contribution in [2.24, 2.45) is 0 Å². The van der Waals surface area contributed by atoms with Crippen LogP contribution in [0.3, 0.4) is 0 Å². The highest BCUT2D eigenvalue weighted by molar-refractivity contribution is 8.93. The minimum Gasteiger partial charge on any atom is -0.497 e. The van der Waals surface area contributed by atoms with Gasteiger partial charge < -0.3 is 19.7 Å². The van der Waals surface area contributed by atoms with Crippen LogP contribution in [0.25, 0.3) is 0 Å². The summed E-state index contributed by atoms with van der Waals surface area (Å²) in [7, 11) is 1.64. The first-order valence-corrected chi connectivity index (χ1v) is 15.8. The van der Waals surface area contributed by atoms with Gasteiger partial charge in [-0.2, -0.15) is 0 Å². The molecule has 0 saturated heterocycles. The summed E-state index contributed by atoms with van der Waals surface area (Å²) in [6.07, 6.45) is 17.9. The number of unbranched alkanes of at least 4 members (excludes halogenated alkanes) is 11. The largest absolute Gasteiger partial charge is 0.497 e. The second kappa shape index (κ2) is 19.9. The number of methoxy groups -OCH3 is 1. The molecule has 0 aliphatic carbocycles. The summed E-state index contributed by atoms with van der Waals surface area (Å²) in [6, 6.07) is 13.4. The molecular formula is C33H49BrN2O3S. The highest BCUT2D eigenvalue weighted by Gasteiger charge is 2.13. The van der Waals surface area contributed by atoms with Crippen molar-refractivity contribution < 1.29 is 14.3 Å². The molecule has 1 aliphatic rings. The lowest BCUT2D eigenvalue weighted by Crippen LogP contribution is -2.14. The van der Waals surface area contributed by atoms with E-state index in [2.05, 4.69) is 30.3 Å². The summed E-state index contributed by atoms with van der Waals surface area (Å²) < 4.78 is 11.5. The van der Waals surface area contributed by atoms with E-state index in [1.165, 1.54) is 81.1 Å². The molecule has 222 valence electrons. The van der Waals surface area contributed by atoms with E-state index in [1.54, 1.807) is 7.11 Å². The molecule has 0 spiro atoms. The SMILES string of the molecule is Br.CCCCCCCCCCCCCCOc1cc(OC)ccc1NC(=O)c1ccc(CN2C=C(C)SC2)cc1. The van der Waals surface area contributed by atoms with E-state index < -0.39 is 0 Å². The number of anilines is 1. The van der Waals surface area contributed by atoms with Crippen molar-refractivity contribution >= 4 is 40.3 Å². The van der Waals surface area contributed by atoms with E-state index >= 15 is 0 Å². The first-order valence-electron chi connectivity index (χ1n) is 14.9. The van der Waals surface area contributed by atoms with Gasteiger partial charge in [-0.1, -0.05) is 89.7 Å². The van der Waals surface area contributed by atoms with E-state index in [9.17, 15) is 4.79 Å². The molecule has 40 heavy (non-hydrogen) atoms. The maximum atomic E-state index is 13.0. The number of rotatable bonds is 19. The Morgan fingerprint density at radius 1 is 0.900 bits per heavy atom. The van der Waals surface area contributed by atoms with Crippen LogP contribution >= 0.6 is 28.7 Å². The Kier molecular flexibility index (Phi) is 16.9. The highest BCUT2D eigenvalue weighted by Crippen LogP contribution is 2.30. The summed E-state index contributed by atoms with van der Waals surface area (Å²) in [5.74, 6) is 2.20. The maximum absolute atomic E-state index is 13.0. The fourth-order valence-electron chi connectivity index (χ4n) is 4.78. The highest BCUT2D eigenvalue weighted by atomic mass is 79.9. The third-order valence-electron chi connectivity index (χ3n) is 7.12. The smallest absolute Gasteiger partial charge is 0.255 e. The van der Waals surface area contributed by atoms with Gasteiger partial charge in [0.05, 0.1) is 25.3 Å². The zero-order valence-corrected chi connectivity index (χ0v) is 27.2.